The number of allylic oxidation sites excluding steroid dienone is 2. The Bertz CT molecular complexity index is 924. The summed E-state index contributed by atoms with van der Waals surface area (Å²) < 4.78 is 28.4. The van der Waals surface area contributed by atoms with Gasteiger partial charge in [0.2, 0.25) is 0 Å². The molecule has 0 saturated heterocycles. The second kappa shape index (κ2) is 5.30. The highest BCUT2D eigenvalue weighted by Crippen LogP contribution is 2.40. The molecule has 0 spiro atoms. The maximum absolute atomic E-state index is 14.7. The standard InChI is InChI=1S/C19H16F2N2/c1-11-15(3-2-4-17(11)20)12-5-6-13(9-12)16-8-7-14-10-22-23-19(14)18(16)21/h2-4,7-10,12H,5-6H2,1H3,(H,22,23). The Morgan fingerprint density at radius 3 is 2.91 bits per heavy atom. The quantitative estimate of drug-likeness (QED) is 0.700. The Kier molecular flexibility index (Phi) is 3.26. The number of fused-ring (bicyclic) bond motifs is 1. The topological polar surface area (TPSA) is 28.7 Å². The summed E-state index contributed by atoms with van der Waals surface area (Å²) in [6.45, 7) is 1.80. The Balaban J connectivity index is 1.75. The molecule has 0 saturated carbocycles. The molecule has 1 heterocycles. The summed E-state index contributed by atoms with van der Waals surface area (Å²) in [5.41, 5.74) is 3.70. The zero-order valence-electron chi connectivity index (χ0n) is 12.7. The third-order valence-electron chi connectivity index (χ3n) is 4.74. The van der Waals surface area contributed by atoms with E-state index in [1.54, 1.807) is 25.3 Å². The van der Waals surface area contributed by atoms with E-state index in [1.165, 1.54) is 6.07 Å². The van der Waals surface area contributed by atoms with Gasteiger partial charge in [-0.15, -0.1) is 0 Å². The normalized spacial score (nSPS) is 17.7. The summed E-state index contributed by atoms with van der Waals surface area (Å²) in [5, 5.41) is 7.36. The lowest BCUT2D eigenvalue weighted by Gasteiger charge is -2.11. The van der Waals surface area contributed by atoms with Crippen molar-refractivity contribution in [2.45, 2.75) is 25.7 Å². The number of aromatic nitrogens is 2. The van der Waals surface area contributed by atoms with Crippen LogP contribution in [-0.4, -0.2) is 10.2 Å². The predicted molar refractivity (Wildman–Crippen MR) is 87.1 cm³/mol. The van der Waals surface area contributed by atoms with Crippen LogP contribution in [0.3, 0.4) is 0 Å². The highest BCUT2D eigenvalue weighted by Gasteiger charge is 2.23. The molecule has 2 nitrogen and oxygen atoms in total. The van der Waals surface area contributed by atoms with E-state index in [4.69, 9.17) is 0 Å². The van der Waals surface area contributed by atoms with Gasteiger partial charge in [0.05, 0.1) is 6.20 Å². The smallest absolute Gasteiger partial charge is 0.156 e. The zero-order valence-corrected chi connectivity index (χ0v) is 12.7. The summed E-state index contributed by atoms with van der Waals surface area (Å²) in [6.07, 6.45) is 5.35. The molecule has 3 aromatic rings. The van der Waals surface area contributed by atoms with Gasteiger partial charge in [-0.1, -0.05) is 30.3 Å². The number of nitrogens with one attached hydrogen (secondary N) is 1. The van der Waals surface area contributed by atoms with Gasteiger partial charge in [0.15, 0.2) is 5.82 Å². The first-order valence-electron chi connectivity index (χ1n) is 7.73. The molecule has 0 aliphatic heterocycles. The molecule has 4 rings (SSSR count). The lowest BCUT2D eigenvalue weighted by Crippen LogP contribution is -1.96. The van der Waals surface area contributed by atoms with Crippen molar-refractivity contribution in [2.75, 3.05) is 0 Å². The van der Waals surface area contributed by atoms with Crippen molar-refractivity contribution in [3.05, 3.63) is 70.9 Å². The highest BCUT2D eigenvalue weighted by molar-refractivity contribution is 5.84. The van der Waals surface area contributed by atoms with Crippen molar-refractivity contribution >= 4 is 16.5 Å². The van der Waals surface area contributed by atoms with Gasteiger partial charge in [-0.05, 0) is 42.5 Å². The minimum Gasteiger partial charge on any atom is -0.275 e. The molecule has 0 bridgehead atoms. The summed E-state index contributed by atoms with van der Waals surface area (Å²) in [5.74, 6) is -0.310. The van der Waals surface area contributed by atoms with E-state index in [0.717, 1.165) is 29.4 Å². The number of halogens is 2. The van der Waals surface area contributed by atoms with Gasteiger partial charge >= 0.3 is 0 Å². The molecule has 4 heteroatoms. The molecule has 1 unspecified atom stereocenters. The Morgan fingerprint density at radius 2 is 2.04 bits per heavy atom. The summed E-state index contributed by atoms with van der Waals surface area (Å²) >= 11 is 0. The van der Waals surface area contributed by atoms with Crippen molar-refractivity contribution in [1.82, 2.24) is 10.2 Å². The highest BCUT2D eigenvalue weighted by atomic mass is 19.1. The van der Waals surface area contributed by atoms with Gasteiger partial charge in [-0.25, -0.2) is 8.78 Å². The summed E-state index contributed by atoms with van der Waals surface area (Å²) in [6, 6.07) is 8.85. The average Bonchev–Trinajstić information content (AvgIpc) is 3.19. The first-order chi connectivity index (χ1) is 11.1. The maximum Gasteiger partial charge on any atom is 0.156 e. The first kappa shape index (κ1) is 14.1. The number of rotatable bonds is 2. The largest absolute Gasteiger partial charge is 0.275 e. The van der Waals surface area contributed by atoms with Crippen LogP contribution >= 0.6 is 0 Å². The Morgan fingerprint density at radius 1 is 1.17 bits per heavy atom. The fourth-order valence-corrected chi connectivity index (χ4v) is 3.44. The van der Waals surface area contributed by atoms with Crippen LogP contribution in [0.4, 0.5) is 8.78 Å². The van der Waals surface area contributed by atoms with E-state index >= 15 is 0 Å². The number of H-pyrrole nitrogens is 1. The zero-order chi connectivity index (χ0) is 16.0. The Labute approximate surface area is 132 Å². The van der Waals surface area contributed by atoms with Gasteiger partial charge in [0.25, 0.3) is 0 Å². The number of hydrogen-bond acceptors (Lipinski definition) is 1. The third kappa shape index (κ3) is 2.25. The van der Waals surface area contributed by atoms with E-state index in [1.807, 2.05) is 12.1 Å². The van der Waals surface area contributed by atoms with Crippen LogP contribution in [0, 0.1) is 18.6 Å². The lowest BCUT2D eigenvalue weighted by molar-refractivity contribution is 0.612. The lowest BCUT2D eigenvalue weighted by atomic mass is 9.94. The van der Waals surface area contributed by atoms with E-state index in [2.05, 4.69) is 16.3 Å². The molecule has 2 aromatic carbocycles. The van der Waals surface area contributed by atoms with Crippen molar-refractivity contribution in [2.24, 2.45) is 0 Å². The van der Waals surface area contributed by atoms with Crippen LogP contribution in [0.1, 0.15) is 35.4 Å². The van der Waals surface area contributed by atoms with Crippen LogP contribution in [0.25, 0.3) is 16.5 Å². The minimum atomic E-state index is -0.261. The van der Waals surface area contributed by atoms with Crippen LogP contribution in [0.5, 0.6) is 0 Å². The summed E-state index contributed by atoms with van der Waals surface area (Å²) in [7, 11) is 0. The van der Waals surface area contributed by atoms with Crippen LogP contribution in [-0.2, 0) is 0 Å². The van der Waals surface area contributed by atoms with E-state index < -0.39 is 0 Å². The third-order valence-corrected chi connectivity index (χ3v) is 4.74. The average molecular weight is 310 g/mol. The number of hydrogen-bond donors (Lipinski definition) is 1. The van der Waals surface area contributed by atoms with Gasteiger partial charge in [-0.3, -0.25) is 5.10 Å². The maximum atomic E-state index is 14.7. The minimum absolute atomic E-state index is 0.137. The molecule has 1 N–H and O–H groups in total. The molecule has 0 fully saturated rings. The summed E-state index contributed by atoms with van der Waals surface area (Å²) in [4.78, 5) is 0. The molecule has 1 aromatic heterocycles. The van der Waals surface area contributed by atoms with Crippen molar-refractivity contribution in [1.29, 1.82) is 0 Å². The fraction of sp³-hybridized carbons (Fsp3) is 0.211. The van der Waals surface area contributed by atoms with Gasteiger partial charge in [0.1, 0.15) is 11.3 Å². The molecule has 1 aliphatic rings. The van der Waals surface area contributed by atoms with Gasteiger partial charge in [0, 0.05) is 16.9 Å². The van der Waals surface area contributed by atoms with E-state index in [9.17, 15) is 8.78 Å². The molecule has 23 heavy (non-hydrogen) atoms. The van der Waals surface area contributed by atoms with Crippen molar-refractivity contribution in [3.8, 4) is 0 Å². The van der Waals surface area contributed by atoms with Crippen LogP contribution < -0.4 is 0 Å². The fourth-order valence-electron chi connectivity index (χ4n) is 3.44. The number of aromatic amines is 1. The second-order valence-electron chi connectivity index (χ2n) is 6.05. The number of nitrogens with zero attached hydrogens (tertiary/aromatic N) is 1. The van der Waals surface area contributed by atoms with Crippen molar-refractivity contribution < 1.29 is 8.78 Å². The first-order valence-corrected chi connectivity index (χ1v) is 7.73. The molecule has 116 valence electrons. The van der Waals surface area contributed by atoms with E-state index in [0.29, 0.717) is 16.6 Å². The van der Waals surface area contributed by atoms with Gasteiger partial charge in [-0.2, -0.15) is 5.10 Å². The van der Waals surface area contributed by atoms with Crippen molar-refractivity contribution in [3.63, 3.8) is 0 Å². The Hall–Kier alpha value is -2.49. The van der Waals surface area contributed by atoms with Gasteiger partial charge < -0.3 is 0 Å². The molecular formula is C19H16F2N2. The molecule has 0 radical (unpaired) electrons. The molecular weight excluding hydrogens is 294 g/mol. The molecule has 0 amide bonds. The number of benzene rings is 2. The van der Waals surface area contributed by atoms with Crippen LogP contribution in [0.15, 0.2) is 42.6 Å². The molecule has 1 atom stereocenters. The second-order valence-corrected chi connectivity index (χ2v) is 6.05. The predicted octanol–water partition coefficient (Wildman–Crippen LogP) is 5.11. The van der Waals surface area contributed by atoms with E-state index in [-0.39, 0.29) is 17.6 Å². The monoisotopic (exact) mass is 310 g/mol. The molecule has 1 aliphatic carbocycles. The SMILES string of the molecule is Cc1c(F)cccc1C1C=C(c2ccc3cn[nH]c3c2F)CC1. The van der Waals surface area contributed by atoms with Crippen LogP contribution in [0.2, 0.25) is 0 Å².